The van der Waals surface area contributed by atoms with Gasteiger partial charge in [-0.1, -0.05) is 0 Å². The van der Waals surface area contributed by atoms with Crippen LogP contribution in [0.25, 0.3) is 11.1 Å². The van der Waals surface area contributed by atoms with Gasteiger partial charge in [0.2, 0.25) is 0 Å². The molecule has 0 saturated carbocycles. The van der Waals surface area contributed by atoms with Gasteiger partial charge in [0.1, 0.15) is 0 Å². The summed E-state index contributed by atoms with van der Waals surface area (Å²) >= 11 is -5.17. The van der Waals surface area contributed by atoms with Crippen LogP contribution in [0.4, 0.5) is 0 Å². The average molecular weight is 468 g/mol. The summed E-state index contributed by atoms with van der Waals surface area (Å²) in [4.78, 5) is 38.0. The summed E-state index contributed by atoms with van der Waals surface area (Å²) in [6, 6.07) is 13.2. The molecule has 0 N–H and O–H groups in total. The zero-order chi connectivity index (χ0) is 23.6. The molecule has 0 amide bonds. The van der Waals surface area contributed by atoms with Crippen molar-refractivity contribution in [2.45, 2.75) is 27.2 Å². The number of hydrogen-bond acceptors (Lipinski definition) is 6. The third kappa shape index (κ3) is 4.52. The summed E-state index contributed by atoms with van der Waals surface area (Å²) in [5.74, 6) is -2.45. The average Bonchev–Trinajstić information content (AvgIpc) is 3.11. The van der Waals surface area contributed by atoms with Crippen molar-refractivity contribution >= 4 is 21.8 Å². The van der Waals surface area contributed by atoms with E-state index in [9.17, 15) is 14.4 Å². The van der Waals surface area contributed by atoms with Gasteiger partial charge < -0.3 is 0 Å². The molecule has 32 heavy (non-hydrogen) atoms. The molecule has 2 aromatic carbocycles. The third-order valence-corrected chi connectivity index (χ3v) is 8.80. The molecule has 1 aliphatic rings. The molecule has 0 atom stereocenters. The van der Waals surface area contributed by atoms with Crippen LogP contribution in [0.2, 0.25) is 0 Å². The van der Waals surface area contributed by atoms with E-state index in [-0.39, 0.29) is 16.7 Å². The normalized spacial score (nSPS) is 11.6. The van der Waals surface area contributed by atoms with E-state index < -0.39 is 35.7 Å². The first-order chi connectivity index (χ1) is 15.1. The number of benzene rings is 2. The van der Waals surface area contributed by atoms with Gasteiger partial charge >= 0.3 is 192 Å². The second-order valence-electron chi connectivity index (χ2n) is 7.73. The van der Waals surface area contributed by atoms with Gasteiger partial charge in [0, 0.05) is 0 Å². The zero-order valence-electron chi connectivity index (χ0n) is 18.3. The number of hydrogen-bond donors (Lipinski definition) is 0. The quantitative estimate of drug-likeness (QED) is 0.383. The Kier molecular flexibility index (Phi) is 6.67. The van der Waals surface area contributed by atoms with E-state index in [1.165, 1.54) is 20.8 Å². The Hall–Kier alpha value is -3.22. The molecule has 0 fully saturated rings. The van der Waals surface area contributed by atoms with Crippen LogP contribution in [0.5, 0.6) is 0 Å². The maximum absolute atomic E-state index is 12.7. The van der Waals surface area contributed by atoms with Crippen molar-refractivity contribution < 1.29 is 42.1 Å². The standard InChI is InChI=1S/C13H9.3C4H6O2.Ti/c1-3-7-12-10(5-1)9-11-6-2-4-8-13(11)12;3*1-3(2)4(5)6;/h1-5,7-8H,9H2;3*1H2,2H3,(H,5,6);/q;;;;+3/p-3. The topological polar surface area (TPSA) is 78.9 Å². The fraction of sp³-hybridized carbons (Fsp3) is 0.160. The van der Waals surface area contributed by atoms with Crippen molar-refractivity contribution in [1.29, 1.82) is 0 Å². The molecule has 1 aliphatic carbocycles. The van der Waals surface area contributed by atoms with Gasteiger partial charge in [-0.15, -0.1) is 0 Å². The van der Waals surface area contributed by atoms with Crippen LogP contribution in [0.1, 0.15) is 31.9 Å². The molecular formula is C25H24O6Ti. The van der Waals surface area contributed by atoms with Crippen molar-refractivity contribution in [3.8, 4) is 11.1 Å². The molecule has 2 aromatic rings. The summed E-state index contributed by atoms with van der Waals surface area (Å²) in [6.07, 6.45) is 0.508. The van der Waals surface area contributed by atoms with E-state index in [4.69, 9.17) is 9.96 Å². The molecule has 0 radical (unpaired) electrons. The van der Waals surface area contributed by atoms with E-state index in [0.29, 0.717) is 10.3 Å². The molecule has 164 valence electrons. The predicted octanol–water partition coefficient (Wildman–Crippen LogP) is 4.14. The molecule has 0 unspecified atom stereocenters. The SMILES string of the molecule is C=C(C)C(=O)[O][Ti]([O]C(=O)C(=C)C)([O]C(=O)C(=C)C)[c]1cccc2c1Cc1ccccc1-2. The Balaban J connectivity index is 2.25. The molecule has 7 heteroatoms. The fourth-order valence-electron chi connectivity index (χ4n) is 3.30. The molecular weight excluding hydrogens is 444 g/mol. The Labute approximate surface area is 192 Å². The Bertz CT molecular complexity index is 1110. The second-order valence-corrected chi connectivity index (χ2v) is 11.3. The molecule has 0 heterocycles. The van der Waals surface area contributed by atoms with E-state index in [1.54, 1.807) is 12.1 Å². The summed E-state index contributed by atoms with van der Waals surface area (Å²) in [5, 5.41) is 0. The Morgan fingerprint density at radius 1 is 0.719 bits per heavy atom. The first-order valence-electron chi connectivity index (χ1n) is 9.93. The van der Waals surface area contributed by atoms with Gasteiger partial charge in [-0.3, -0.25) is 0 Å². The minimum atomic E-state index is -5.17. The van der Waals surface area contributed by atoms with Crippen LogP contribution in [0.3, 0.4) is 0 Å². The number of carbonyl (C=O) groups excluding carboxylic acids is 3. The van der Waals surface area contributed by atoms with Gasteiger partial charge in [-0.2, -0.15) is 0 Å². The van der Waals surface area contributed by atoms with E-state index in [2.05, 4.69) is 19.7 Å². The van der Waals surface area contributed by atoms with Crippen molar-refractivity contribution in [2.24, 2.45) is 0 Å². The first kappa shape index (κ1) is 23.4. The van der Waals surface area contributed by atoms with Crippen molar-refractivity contribution in [1.82, 2.24) is 0 Å². The molecule has 0 aromatic heterocycles. The van der Waals surface area contributed by atoms with Crippen LogP contribution in [-0.4, -0.2) is 17.9 Å². The van der Waals surface area contributed by atoms with E-state index in [0.717, 1.165) is 22.3 Å². The third-order valence-electron chi connectivity index (χ3n) is 4.91. The summed E-state index contributed by atoms with van der Waals surface area (Å²) in [6.45, 7) is 15.2. The van der Waals surface area contributed by atoms with Crippen molar-refractivity contribution in [3.63, 3.8) is 0 Å². The molecule has 3 rings (SSSR count). The Morgan fingerprint density at radius 2 is 1.19 bits per heavy atom. The van der Waals surface area contributed by atoms with Crippen molar-refractivity contribution in [3.05, 3.63) is 90.0 Å². The molecule has 0 aliphatic heterocycles. The summed E-state index contributed by atoms with van der Waals surface area (Å²) in [5.41, 5.74) is 4.00. The molecule has 0 bridgehead atoms. The van der Waals surface area contributed by atoms with Gasteiger partial charge in [0.15, 0.2) is 0 Å². The fourth-order valence-corrected chi connectivity index (χ4v) is 7.36. The first-order valence-corrected chi connectivity index (χ1v) is 12.6. The molecule has 0 spiro atoms. The van der Waals surface area contributed by atoms with Crippen LogP contribution in [0.15, 0.2) is 78.9 Å². The molecule has 0 saturated heterocycles. The number of rotatable bonds is 7. The van der Waals surface area contributed by atoms with Crippen LogP contribution >= 0.6 is 0 Å². The molecule has 6 nitrogen and oxygen atoms in total. The van der Waals surface area contributed by atoms with E-state index >= 15 is 0 Å². The van der Waals surface area contributed by atoms with Gasteiger partial charge in [-0.05, 0) is 0 Å². The van der Waals surface area contributed by atoms with Crippen molar-refractivity contribution in [2.75, 3.05) is 0 Å². The second kappa shape index (κ2) is 9.11. The maximum atomic E-state index is 12.7. The van der Waals surface area contributed by atoms with Crippen LogP contribution in [0, 0.1) is 0 Å². The van der Waals surface area contributed by atoms with Crippen LogP contribution in [-0.2, 0) is 48.5 Å². The van der Waals surface area contributed by atoms with Gasteiger partial charge in [-0.25, -0.2) is 0 Å². The van der Waals surface area contributed by atoms with Gasteiger partial charge in [0.25, 0.3) is 0 Å². The minimum absolute atomic E-state index is 0.0774. The predicted molar refractivity (Wildman–Crippen MR) is 117 cm³/mol. The van der Waals surface area contributed by atoms with Gasteiger partial charge in [0.05, 0.1) is 0 Å². The Morgan fingerprint density at radius 3 is 1.69 bits per heavy atom. The summed E-state index contributed by atoms with van der Waals surface area (Å²) in [7, 11) is 0. The summed E-state index contributed by atoms with van der Waals surface area (Å²) < 4.78 is 17.6. The van der Waals surface area contributed by atoms with Crippen LogP contribution < -0.4 is 3.87 Å². The van der Waals surface area contributed by atoms with E-state index in [1.807, 2.05) is 30.3 Å². The number of carbonyl (C=O) groups is 3. The monoisotopic (exact) mass is 468 g/mol. The zero-order valence-corrected chi connectivity index (χ0v) is 19.9. The number of fused-ring (bicyclic) bond motifs is 3.